The van der Waals surface area contributed by atoms with Crippen LogP contribution in [0.3, 0.4) is 0 Å². The first-order chi connectivity index (χ1) is 22.8. The Labute approximate surface area is 274 Å². The molecule has 3 heterocycles. The molecule has 1 aromatic heterocycles. The number of ether oxygens (including phenoxy) is 3. The minimum absolute atomic E-state index is 0.0316. The molecule has 6 rings (SSSR count). The Morgan fingerprint density at radius 1 is 0.745 bits per heavy atom. The fraction of sp³-hybridized carbons (Fsp3) is 0.405. The number of nitrogens with zero attached hydrogens (tertiary/aromatic N) is 4. The van der Waals surface area contributed by atoms with Crippen molar-refractivity contribution in [2.45, 2.75) is 63.7 Å². The van der Waals surface area contributed by atoms with E-state index in [0.29, 0.717) is 46.0 Å². The van der Waals surface area contributed by atoms with Gasteiger partial charge in [0.05, 0.1) is 37.8 Å². The predicted octanol–water partition coefficient (Wildman–Crippen LogP) is 6.78. The van der Waals surface area contributed by atoms with E-state index in [9.17, 15) is 13.2 Å². The van der Waals surface area contributed by atoms with E-state index in [1.165, 1.54) is 6.20 Å². The van der Waals surface area contributed by atoms with Crippen LogP contribution in [0, 0.1) is 5.92 Å². The summed E-state index contributed by atoms with van der Waals surface area (Å²) in [5.74, 6) is 0.144. The third-order valence-electron chi connectivity index (χ3n) is 9.11. The predicted molar refractivity (Wildman–Crippen MR) is 173 cm³/mol. The summed E-state index contributed by atoms with van der Waals surface area (Å²) in [6, 6.07) is 30.2. The van der Waals surface area contributed by atoms with Gasteiger partial charge in [-0.15, -0.1) is 0 Å². The average molecular weight is 647 g/mol. The van der Waals surface area contributed by atoms with Crippen LogP contribution in [-0.2, 0) is 40.2 Å². The number of halogens is 3. The molecule has 0 saturated carbocycles. The highest BCUT2D eigenvalue weighted by molar-refractivity contribution is 5.50. The highest BCUT2D eigenvalue weighted by Crippen LogP contribution is 2.37. The Morgan fingerprint density at radius 3 is 1.87 bits per heavy atom. The summed E-state index contributed by atoms with van der Waals surface area (Å²) < 4.78 is 61.2. The second-order valence-corrected chi connectivity index (χ2v) is 12.4. The summed E-state index contributed by atoms with van der Waals surface area (Å²) in [6.45, 7) is 5.72. The van der Waals surface area contributed by atoms with E-state index in [1.807, 2.05) is 91.0 Å². The number of benzene rings is 3. The normalized spacial score (nSPS) is 23.7. The first kappa shape index (κ1) is 33.1. The molecule has 10 heteroatoms. The van der Waals surface area contributed by atoms with Crippen molar-refractivity contribution >= 4 is 5.69 Å². The second-order valence-electron chi connectivity index (χ2n) is 12.4. The van der Waals surface area contributed by atoms with Gasteiger partial charge in [-0.2, -0.15) is 13.2 Å². The number of hydrogen-bond donors (Lipinski definition) is 0. The maximum Gasteiger partial charge on any atom is 0.435 e. The first-order valence-electron chi connectivity index (χ1n) is 16.2. The molecule has 0 N–H and O–H groups in total. The van der Waals surface area contributed by atoms with Crippen molar-refractivity contribution in [1.29, 1.82) is 0 Å². The number of rotatable bonds is 12. The van der Waals surface area contributed by atoms with Crippen molar-refractivity contribution in [3.8, 4) is 0 Å². The number of likely N-dealkylation sites (tertiary alicyclic amines) is 1. The van der Waals surface area contributed by atoms with Crippen LogP contribution in [0.15, 0.2) is 104 Å². The van der Waals surface area contributed by atoms with Crippen LogP contribution in [0.25, 0.3) is 0 Å². The van der Waals surface area contributed by atoms with Gasteiger partial charge in [0, 0.05) is 32.2 Å². The zero-order chi connectivity index (χ0) is 32.6. The molecule has 47 heavy (non-hydrogen) atoms. The van der Waals surface area contributed by atoms with Crippen LogP contribution in [0.5, 0.6) is 0 Å². The zero-order valence-corrected chi connectivity index (χ0v) is 26.5. The third kappa shape index (κ3) is 8.56. The van der Waals surface area contributed by atoms with Crippen LogP contribution in [0.4, 0.5) is 18.9 Å². The molecule has 1 unspecified atom stereocenters. The topological polar surface area (TPSA) is 60.0 Å². The van der Waals surface area contributed by atoms with Gasteiger partial charge in [-0.3, -0.25) is 4.90 Å². The lowest BCUT2D eigenvalue weighted by Crippen LogP contribution is -2.63. The smallest absolute Gasteiger partial charge is 0.369 e. The van der Waals surface area contributed by atoms with Crippen LogP contribution >= 0.6 is 0 Å². The number of piperidine rings is 1. The molecule has 5 atom stereocenters. The molecule has 0 spiro atoms. The number of alkyl halides is 3. The standard InChI is InChI=1S/C37H41F3N4O3/c1-27-34(46-24-29-13-7-3-8-14-29)35(47-25-30-15-9-4-10-16-30)33(45-23-28-11-5-2-6-12-28)22-44(27)21-31-17-18-43(20-31)32-19-41-26-42-36(32)37(38,39)40/h2-16,19,26-27,31,33-35H,17-18,20-25H2,1H3/t27-,31?,33+,34-,35-/m1/s1. The Kier molecular flexibility index (Phi) is 10.8. The van der Waals surface area contributed by atoms with Gasteiger partial charge in [0.15, 0.2) is 5.69 Å². The van der Waals surface area contributed by atoms with Gasteiger partial charge in [0.2, 0.25) is 0 Å². The van der Waals surface area contributed by atoms with Crippen LogP contribution in [0.1, 0.15) is 35.7 Å². The van der Waals surface area contributed by atoms with E-state index in [-0.39, 0.29) is 36.0 Å². The molecule has 3 aromatic carbocycles. The molecule has 2 fully saturated rings. The largest absolute Gasteiger partial charge is 0.435 e. The van der Waals surface area contributed by atoms with Gasteiger partial charge in [-0.05, 0) is 36.0 Å². The van der Waals surface area contributed by atoms with Gasteiger partial charge < -0.3 is 19.1 Å². The molecule has 0 radical (unpaired) electrons. The molecular formula is C37H41F3N4O3. The SMILES string of the molecule is C[C@@H]1[C@@H](OCc2ccccc2)[C@H](OCc2ccccc2)[C@@H](OCc2ccccc2)CN1CC1CCN(c2cncnc2C(F)(F)F)C1. The van der Waals surface area contributed by atoms with Gasteiger partial charge >= 0.3 is 6.18 Å². The lowest BCUT2D eigenvalue weighted by Gasteiger charge is -2.48. The zero-order valence-electron chi connectivity index (χ0n) is 26.5. The Bertz CT molecular complexity index is 1530. The Hall–Kier alpha value is -3.83. The maximum atomic E-state index is 13.7. The minimum atomic E-state index is -4.54. The second kappa shape index (κ2) is 15.4. The van der Waals surface area contributed by atoms with Crippen molar-refractivity contribution in [3.63, 3.8) is 0 Å². The van der Waals surface area contributed by atoms with Gasteiger partial charge in [-0.25, -0.2) is 9.97 Å². The monoisotopic (exact) mass is 646 g/mol. The average Bonchev–Trinajstić information content (AvgIpc) is 3.56. The molecule has 2 aliphatic heterocycles. The Balaban J connectivity index is 1.22. The van der Waals surface area contributed by atoms with E-state index < -0.39 is 11.9 Å². The highest BCUT2D eigenvalue weighted by atomic mass is 19.4. The molecule has 248 valence electrons. The van der Waals surface area contributed by atoms with E-state index in [2.05, 4.69) is 21.8 Å². The molecule has 2 saturated heterocycles. The summed E-state index contributed by atoms with van der Waals surface area (Å²) in [4.78, 5) is 11.6. The molecule has 7 nitrogen and oxygen atoms in total. The molecular weight excluding hydrogens is 605 g/mol. The fourth-order valence-electron chi connectivity index (χ4n) is 6.63. The number of hydrogen-bond acceptors (Lipinski definition) is 7. The van der Waals surface area contributed by atoms with E-state index in [4.69, 9.17) is 14.2 Å². The van der Waals surface area contributed by atoms with Crippen molar-refractivity contribution in [2.75, 3.05) is 31.1 Å². The third-order valence-corrected chi connectivity index (χ3v) is 9.11. The van der Waals surface area contributed by atoms with Crippen molar-refractivity contribution in [1.82, 2.24) is 14.9 Å². The van der Waals surface area contributed by atoms with Crippen molar-refractivity contribution in [2.24, 2.45) is 5.92 Å². The van der Waals surface area contributed by atoms with E-state index in [1.54, 1.807) is 4.90 Å². The quantitative estimate of drug-likeness (QED) is 0.168. The summed E-state index contributed by atoms with van der Waals surface area (Å²) in [6.07, 6.45) is -2.51. The summed E-state index contributed by atoms with van der Waals surface area (Å²) in [7, 11) is 0. The van der Waals surface area contributed by atoms with E-state index in [0.717, 1.165) is 29.4 Å². The molecule has 0 amide bonds. The van der Waals surface area contributed by atoms with Crippen LogP contribution in [0.2, 0.25) is 0 Å². The number of aromatic nitrogens is 2. The van der Waals surface area contributed by atoms with Crippen molar-refractivity contribution < 1.29 is 27.4 Å². The maximum absolute atomic E-state index is 13.7. The highest BCUT2D eigenvalue weighted by Gasteiger charge is 2.45. The lowest BCUT2D eigenvalue weighted by atomic mass is 9.92. The van der Waals surface area contributed by atoms with Crippen molar-refractivity contribution in [3.05, 3.63) is 126 Å². The lowest BCUT2D eigenvalue weighted by molar-refractivity contribution is -0.201. The molecule has 0 bridgehead atoms. The molecule has 4 aromatic rings. The fourth-order valence-corrected chi connectivity index (χ4v) is 6.63. The van der Waals surface area contributed by atoms with Gasteiger partial charge in [0.1, 0.15) is 18.5 Å². The summed E-state index contributed by atoms with van der Waals surface area (Å²) in [5, 5.41) is 0. The van der Waals surface area contributed by atoms with Crippen LogP contribution < -0.4 is 4.90 Å². The summed E-state index contributed by atoms with van der Waals surface area (Å²) >= 11 is 0. The van der Waals surface area contributed by atoms with E-state index >= 15 is 0 Å². The first-order valence-corrected chi connectivity index (χ1v) is 16.2. The Morgan fingerprint density at radius 2 is 1.30 bits per heavy atom. The minimum Gasteiger partial charge on any atom is -0.369 e. The van der Waals surface area contributed by atoms with Gasteiger partial charge in [-0.1, -0.05) is 91.0 Å². The summed E-state index contributed by atoms with van der Waals surface area (Å²) in [5.41, 5.74) is 2.36. The molecule has 0 aliphatic carbocycles. The number of anilines is 1. The molecule has 2 aliphatic rings. The van der Waals surface area contributed by atoms with Gasteiger partial charge in [0.25, 0.3) is 0 Å². The van der Waals surface area contributed by atoms with Crippen LogP contribution in [-0.4, -0.2) is 65.4 Å².